The number of carbonyl (C=O) groups excluding carboxylic acids is 1. The summed E-state index contributed by atoms with van der Waals surface area (Å²) in [5, 5.41) is 0. The summed E-state index contributed by atoms with van der Waals surface area (Å²) in [5.74, 6) is 3.26. The highest BCUT2D eigenvalue weighted by Crippen LogP contribution is 2.48. The number of hydrogen-bond acceptors (Lipinski definition) is 2. The zero-order chi connectivity index (χ0) is 20.5. The number of hydrogen-bond donors (Lipinski definition) is 0. The topological polar surface area (TPSA) is 30.2 Å². The van der Waals surface area contributed by atoms with Gasteiger partial charge >= 0.3 is 0 Å². The first kappa shape index (κ1) is 21.3. The third-order valence-electron chi connectivity index (χ3n) is 5.78. The third kappa shape index (κ3) is 5.57. The summed E-state index contributed by atoms with van der Waals surface area (Å²) in [5.41, 5.74) is 1.25. The number of benzene rings is 1. The third-order valence-corrected chi connectivity index (χ3v) is 9.22. The zero-order valence-corrected chi connectivity index (χ0v) is 20.4. The van der Waals surface area contributed by atoms with Crippen LogP contribution in [0.4, 0.5) is 0 Å². The van der Waals surface area contributed by atoms with Gasteiger partial charge in [-0.3, -0.25) is 4.79 Å². The molecule has 2 nitrogen and oxygen atoms in total. The molecule has 2 aromatic rings. The average molecular weight is 413 g/mol. The first-order valence-electron chi connectivity index (χ1n) is 10.7. The van der Waals surface area contributed by atoms with Crippen LogP contribution >= 0.6 is 0 Å². The van der Waals surface area contributed by atoms with E-state index in [1.165, 1.54) is 17.7 Å². The minimum absolute atomic E-state index is 0.0300. The number of carbonyl (C=O) groups is 1. The van der Waals surface area contributed by atoms with E-state index in [-0.39, 0.29) is 5.92 Å². The van der Waals surface area contributed by atoms with Crippen LogP contribution in [0.1, 0.15) is 29.4 Å². The Morgan fingerprint density at radius 1 is 0.893 bits per heavy atom. The van der Waals surface area contributed by atoms with Crippen molar-refractivity contribution in [2.24, 2.45) is 11.8 Å². The summed E-state index contributed by atoms with van der Waals surface area (Å²) in [7, 11) is -2.49. The molecule has 152 valence electrons. The Bertz CT molecular complexity index is 796. The molecule has 1 aliphatic carbocycles. The van der Waals surface area contributed by atoms with Gasteiger partial charge in [0.1, 0.15) is 17.3 Å². The Balaban J connectivity index is 1.84. The second-order valence-electron chi connectivity index (χ2n) is 11.1. The van der Waals surface area contributed by atoms with E-state index in [2.05, 4.69) is 75.7 Å². The van der Waals surface area contributed by atoms with Gasteiger partial charge in [0.15, 0.2) is 0 Å². The molecule has 0 radical (unpaired) electrons. The first-order chi connectivity index (χ1) is 13.0. The van der Waals surface area contributed by atoms with Crippen molar-refractivity contribution in [3.8, 4) is 0 Å². The van der Waals surface area contributed by atoms with Crippen molar-refractivity contribution in [3.05, 3.63) is 59.5 Å². The highest BCUT2D eigenvalue weighted by atomic mass is 28.3. The van der Waals surface area contributed by atoms with Crippen molar-refractivity contribution in [2.75, 3.05) is 0 Å². The van der Waals surface area contributed by atoms with Crippen LogP contribution in [-0.4, -0.2) is 21.9 Å². The van der Waals surface area contributed by atoms with Crippen LogP contribution in [0.5, 0.6) is 0 Å². The summed E-state index contributed by atoms with van der Waals surface area (Å²) < 4.78 is 6.27. The number of Topliss-reactive ketones (excluding diaryl/α,β-unsaturated/α-hetero) is 1. The minimum Gasteiger partial charge on any atom is -0.465 e. The van der Waals surface area contributed by atoms with Gasteiger partial charge in [0.2, 0.25) is 0 Å². The van der Waals surface area contributed by atoms with E-state index in [1.54, 1.807) is 0 Å². The smallest absolute Gasteiger partial charge is 0.144 e. The van der Waals surface area contributed by atoms with Gasteiger partial charge in [0.05, 0.1) is 5.92 Å². The molecule has 1 aromatic heterocycles. The highest BCUT2D eigenvalue weighted by molar-refractivity contribution is 6.76. The highest BCUT2D eigenvalue weighted by Gasteiger charge is 2.47. The molecule has 1 aromatic carbocycles. The van der Waals surface area contributed by atoms with E-state index < -0.39 is 16.1 Å². The molecule has 0 spiro atoms. The summed E-state index contributed by atoms with van der Waals surface area (Å²) in [6.07, 6.45) is 1.54. The van der Waals surface area contributed by atoms with E-state index in [0.29, 0.717) is 17.6 Å². The number of ketones is 1. The largest absolute Gasteiger partial charge is 0.465 e. The van der Waals surface area contributed by atoms with Gasteiger partial charge in [0.25, 0.3) is 0 Å². The van der Waals surface area contributed by atoms with Gasteiger partial charge in [-0.25, -0.2) is 0 Å². The Morgan fingerprint density at radius 3 is 2.14 bits per heavy atom. The van der Waals surface area contributed by atoms with Crippen molar-refractivity contribution < 1.29 is 9.21 Å². The number of furan rings is 1. The SMILES string of the molecule is C[Si](C)(C)C[C@H]1CC(=O)[C@H](c2ccc(Cc3ccccc3)o2)[C@H]1C[Si](C)(C)C. The lowest BCUT2D eigenvalue weighted by molar-refractivity contribution is -0.119. The summed E-state index contributed by atoms with van der Waals surface area (Å²) in [6, 6.07) is 17.0. The lowest BCUT2D eigenvalue weighted by Gasteiger charge is -2.31. The molecule has 0 unspecified atom stereocenters. The van der Waals surface area contributed by atoms with Crippen molar-refractivity contribution in [1.29, 1.82) is 0 Å². The molecule has 1 heterocycles. The standard InChI is InChI=1S/C24H36O2Si2/c1-27(2,3)16-19-15-22(25)24(21(19)17-28(4,5)6)23-13-12-20(26-23)14-18-10-8-7-9-11-18/h7-13,19,21,24H,14-17H2,1-6H3/t19-,21+,24-/m1/s1. The Kier molecular flexibility index (Phi) is 6.21. The molecule has 3 rings (SSSR count). The second kappa shape index (κ2) is 8.15. The van der Waals surface area contributed by atoms with Crippen molar-refractivity contribution in [2.45, 2.75) is 70.1 Å². The molecule has 0 amide bonds. The van der Waals surface area contributed by atoms with Crippen LogP contribution in [0.2, 0.25) is 51.4 Å². The fourth-order valence-electron chi connectivity index (χ4n) is 4.87. The van der Waals surface area contributed by atoms with E-state index >= 15 is 0 Å². The summed E-state index contributed by atoms with van der Waals surface area (Å²) >= 11 is 0. The summed E-state index contributed by atoms with van der Waals surface area (Å²) in [6.45, 7) is 14.6. The zero-order valence-electron chi connectivity index (χ0n) is 18.4. The lowest BCUT2D eigenvalue weighted by atomic mass is 9.90. The molecule has 0 aliphatic heterocycles. The monoisotopic (exact) mass is 412 g/mol. The molecule has 1 saturated carbocycles. The van der Waals surface area contributed by atoms with Gasteiger partial charge < -0.3 is 4.42 Å². The molecule has 28 heavy (non-hydrogen) atoms. The quantitative estimate of drug-likeness (QED) is 0.466. The average Bonchev–Trinajstić information content (AvgIpc) is 3.10. The molecule has 1 aliphatic rings. The maximum absolute atomic E-state index is 13.1. The molecule has 3 atom stereocenters. The van der Waals surface area contributed by atoms with Gasteiger partial charge in [-0.05, 0) is 29.5 Å². The molecule has 0 saturated heterocycles. The van der Waals surface area contributed by atoms with Crippen LogP contribution in [-0.2, 0) is 11.2 Å². The predicted molar refractivity (Wildman–Crippen MR) is 124 cm³/mol. The molecule has 1 fully saturated rings. The van der Waals surface area contributed by atoms with E-state index in [1.807, 2.05) is 6.07 Å². The van der Waals surface area contributed by atoms with Gasteiger partial charge in [-0.1, -0.05) is 81.7 Å². The Morgan fingerprint density at radius 2 is 1.54 bits per heavy atom. The minimum atomic E-state index is -1.28. The molecular formula is C24H36O2Si2. The molecule has 0 N–H and O–H groups in total. The predicted octanol–water partition coefficient (Wildman–Crippen LogP) is 6.84. The molecule has 0 bridgehead atoms. The van der Waals surface area contributed by atoms with E-state index in [4.69, 9.17) is 4.42 Å². The van der Waals surface area contributed by atoms with Crippen molar-refractivity contribution in [1.82, 2.24) is 0 Å². The van der Waals surface area contributed by atoms with E-state index in [9.17, 15) is 4.79 Å². The Labute approximate surface area is 172 Å². The molecule has 4 heteroatoms. The van der Waals surface area contributed by atoms with Crippen LogP contribution in [0.15, 0.2) is 46.9 Å². The maximum atomic E-state index is 13.1. The Hall–Kier alpha value is -1.40. The first-order valence-corrected chi connectivity index (χ1v) is 18.1. The maximum Gasteiger partial charge on any atom is 0.144 e. The number of rotatable bonds is 7. The van der Waals surface area contributed by atoms with Crippen LogP contribution in [0.3, 0.4) is 0 Å². The van der Waals surface area contributed by atoms with Gasteiger partial charge in [0, 0.05) is 29.0 Å². The van der Waals surface area contributed by atoms with Crippen molar-refractivity contribution in [3.63, 3.8) is 0 Å². The van der Waals surface area contributed by atoms with Crippen LogP contribution in [0.25, 0.3) is 0 Å². The second-order valence-corrected chi connectivity index (χ2v) is 22.1. The fraction of sp³-hybridized carbons (Fsp3) is 0.542. The summed E-state index contributed by atoms with van der Waals surface area (Å²) in [4.78, 5) is 13.1. The van der Waals surface area contributed by atoms with Gasteiger partial charge in [-0.2, -0.15) is 0 Å². The van der Waals surface area contributed by atoms with Gasteiger partial charge in [-0.15, -0.1) is 0 Å². The normalized spacial score (nSPS) is 23.4. The van der Waals surface area contributed by atoms with Crippen molar-refractivity contribution >= 4 is 21.9 Å². The van der Waals surface area contributed by atoms with Crippen LogP contribution < -0.4 is 0 Å². The van der Waals surface area contributed by atoms with E-state index in [0.717, 1.165) is 24.4 Å². The molecular weight excluding hydrogens is 376 g/mol. The fourth-order valence-corrected chi connectivity index (χ4v) is 8.88. The lowest BCUT2D eigenvalue weighted by Crippen LogP contribution is -2.32. The van der Waals surface area contributed by atoms with Crippen LogP contribution in [0, 0.1) is 11.8 Å².